The third kappa shape index (κ3) is 4.41. The van der Waals surface area contributed by atoms with E-state index in [9.17, 15) is 19.1 Å². The molecule has 0 aliphatic carbocycles. The maximum atomic E-state index is 13.0. The summed E-state index contributed by atoms with van der Waals surface area (Å²) in [4.78, 5) is 23.6. The lowest BCUT2D eigenvalue weighted by molar-refractivity contribution is -0.139. The molecule has 2 aromatic rings. The maximum Gasteiger partial charge on any atom is 0.326 e. The summed E-state index contributed by atoms with van der Waals surface area (Å²) in [5.74, 6) is -1.94. The van der Waals surface area contributed by atoms with E-state index >= 15 is 0 Å². The first kappa shape index (κ1) is 18.1. The number of benzene rings is 1. The van der Waals surface area contributed by atoms with Gasteiger partial charge >= 0.3 is 5.97 Å². The van der Waals surface area contributed by atoms with Gasteiger partial charge in [-0.2, -0.15) is 5.10 Å². The highest BCUT2D eigenvalue weighted by atomic mass is 79.9. The SMILES string of the molecule is CC(C)CC(NC(=O)c1nn(-c2ccc(F)cc2)cc1Br)C(=O)O. The summed E-state index contributed by atoms with van der Waals surface area (Å²) in [6, 6.07) is 4.63. The Labute approximate surface area is 146 Å². The minimum Gasteiger partial charge on any atom is -0.480 e. The van der Waals surface area contributed by atoms with E-state index in [0.717, 1.165) is 0 Å². The molecule has 1 heterocycles. The Morgan fingerprint density at radius 1 is 1.33 bits per heavy atom. The highest BCUT2D eigenvalue weighted by molar-refractivity contribution is 9.10. The monoisotopic (exact) mass is 397 g/mol. The minimum atomic E-state index is -1.09. The van der Waals surface area contributed by atoms with Crippen LogP contribution in [0, 0.1) is 11.7 Å². The summed E-state index contributed by atoms with van der Waals surface area (Å²) in [6.45, 7) is 3.75. The number of carboxylic acids is 1. The van der Waals surface area contributed by atoms with Crippen molar-refractivity contribution in [3.05, 3.63) is 46.4 Å². The Morgan fingerprint density at radius 2 is 1.96 bits per heavy atom. The van der Waals surface area contributed by atoms with Gasteiger partial charge in [0.2, 0.25) is 0 Å². The number of aliphatic carboxylic acids is 1. The molecule has 2 N–H and O–H groups in total. The van der Waals surface area contributed by atoms with Crippen molar-refractivity contribution >= 4 is 27.8 Å². The van der Waals surface area contributed by atoms with Crippen molar-refractivity contribution in [1.29, 1.82) is 0 Å². The van der Waals surface area contributed by atoms with E-state index in [2.05, 4.69) is 26.3 Å². The van der Waals surface area contributed by atoms with Crippen molar-refractivity contribution < 1.29 is 19.1 Å². The molecule has 1 unspecified atom stereocenters. The van der Waals surface area contributed by atoms with Crippen LogP contribution in [0.5, 0.6) is 0 Å². The topological polar surface area (TPSA) is 84.2 Å². The summed E-state index contributed by atoms with van der Waals surface area (Å²) in [6.07, 6.45) is 1.87. The molecule has 1 amide bonds. The number of carboxylic acid groups (broad SMARTS) is 1. The average Bonchev–Trinajstić information content (AvgIpc) is 2.88. The Balaban J connectivity index is 2.21. The number of hydrogen-bond donors (Lipinski definition) is 2. The highest BCUT2D eigenvalue weighted by Gasteiger charge is 2.24. The summed E-state index contributed by atoms with van der Waals surface area (Å²) in [5.41, 5.74) is 0.641. The molecule has 1 aromatic heterocycles. The normalized spacial score (nSPS) is 12.2. The highest BCUT2D eigenvalue weighted by Crippen LogP contribution is 2.19. The molecule has 1 atom stereocenters. The number of rotatable bonds is 6. The van der Waals surface area contributed by atoms with Crippen molar-refractivity contribution in [2.75, 3.05) is 0 Å². The van der Waals surface area contributed by atoms with Crippen LogP contribution >= 0.6 is 15.9 Å². The fraction of sp³-hybridized carbons (Fsp3) is 0.312. The molecule has 0 saturated heterocycles. The van der Waals surface area contributed by atoms with Gasteiger partial charge in [0.05, 0.1) is 10.2 Å². The molecule has 0 spiro atoms. The largest absolute Gasteiger partial charge is 0.480 e. The fourth-order valence-electron chi connectivity index (χ4n) is 2.15. The van der Waals surface area contributed by atoms with Crippen molar-refractivity contribution in [2.24, 2.45) is 5.92 Å². The van der Waals surface area contributed by atoms with E-state index in [1.165, 1.54) is 28.9 Å². The lowest BCUT2D eigenvalue weighted by Gasteiger charge is -2.15. The number of amides is 1. The quantitative estimate of drug-likeness (QED) is 0.784. The van der Waals surface area contributed by atoms with Gasteiger partial charge in [-0.05, 0) is 52.5 Å². The first-order valence-electron chi connectivity index (χ1n) is 7.32. The van der Waals surface area contributed by atoms with Crippen molar-refractivity contribution in [1.82, 2.24) is 15.1 Å². The molecule has 24 heavy (non-hydrogen) atoms. The van der Waals surface area contributed by atoms with Gasteiger partial charge in [0.15, 0.2) is 5.69 Å². The first-order chi connectivity index (χ1) is 11.3. The molecule has 2 rings (SSSR count). The van der Waals surface area contributed by atoms with E-state index in [1.54, 1.807) is 6.20 Å². The smallest absolute Gasteiger partial charge is 0.326 e. The lowest BCUT2D eigenvalue weighted by Crippen LogP contribution is -2.41. The predicted octanol–water partition coefficient (Wildman–Crippen LogP) is 3.00. The molecule has 0 aliphatic rings. The van der Waals surface area contributed by atoms with E-state index in [0.29, 0.717) is 16.6 Å². The zero-order valence-electron chi connectivity index (χ0n) is 13.2. The molecule has 0 bridgehead atoms. The number of carbonyl (C=O) groups is 2. The second-order valence-electron chi connectivity index (χ2n) is 5.74. The Bertz CT molecular complexity index is 744. The summed E-state index contributed by atoms with van der Waals surface area (Å²) in [5, 5.41) is 15.8. The molecule has 8 heteroatoms. The molecule has 0 radical (unpaired) electrons. The summed E-state index contributed by atoms with van der Waals surface area (Å²) >= 11 is 3.24. The lowest BCUT2D eigenvalue weighted by atomic mass is 10.0. The van der Waals surface area contributed by atoms with Crippen molar-refractivity contribution in [3.8, 4) is 5.69 Å². The van der Waals surface area contributed by atoms with Gasteiger partial charge in [0, 0.05) is 6.20 Å². The third-order valence-corrected chi connectivity index (χ3v) is 3.87. The fourth-order valence-corrected chi connectivity index (χ4v) is 2.61. The molecule has 128 valence electrons. The molecule has 6 nitrogen and oxygen atoms in total. The molecular formula is C16H17BrFN3O3. The van der Waals surface area contributed by atoms with Crippen LogP contribution in [0.25, 0.3) is 5.69 Å². The number of carbonyl (C=O) groups excluding carboxylic acids is 1. The van der Waals surface area contributed by atoms with Gasteiger partial charge in [-0.1, -0.05) is 13.8 Å². The number of nitrogens with zero attached hydrogens (tertiary/aromatic N) is 2. The van der Waals surface area contributed by atoms with Gasteiger partial charge < -0.3 is 10.4 Å². The van der Waals surface area contributed by atoms with E-state index in [4.69, 9.17) is 0 Å². The molecule has 1 aromatic carbocycles. The van der Waals surface area contributed by atoms with Crippen LogP contribution in [0.1, 0.15) is 30.8 Å². The zero-order chi connectivity index (χ0) is 17.9. The number of aromatic nitrogens is 2. The van der Waals surface area contributed by atoms with E-state index < -0.39 is 17.9 Å². The molecular weight excluding hydrogens is 381 g/mol. The van der Waals surface area contributed by atoms with E-state index in [1.807, 2.05) is 13.8 Å². The Hall–Kier alpha value is -2.22. The van der Waals surface area contributed by atoms with Crippen molar-refractivity contribution in [2.45, 2.75) is 26.3 Å². The second kappa shape index (κ2) is 7.57. The van der Waals surface area contributed by atoms with Crippen LogP contribution in [-0.2, 0) is 4.79 Å². The van der Waals surface area contributed by atoms with E-state index in [-0.39, 0.29) is 17.4 Å². The average molecular weight is 398 g/mol. The second-order valence-corrected chi connectivity index (χ2v) is 6.59. The number of hydrogen-bond acceptors (Lipinski definition) is 3. The first-order valence-corrected chi connectivity index (χ1v) is 8.12. The van der Waals surface area contributed by atoms with Crippen LogP contribution in [-0.4, -0.2) is 32.8 Å². The van der Waals surface area contributed by atoms with Gasteiger partial charge in [0.1, 0.15) is 11.9 Å². The van der Waals surface area contributed by atoms with Crippen LogP contribution in [0.2, 0.25) is 0 Å². The Kier molecular flexibility index (Phi) is 5.71. The summed E-state index contributed by atoms with van der Waals surface area (Å²) < 4.78 is 14.8. The van der Waals surface area contributed by atoms with Crippen LogP contribution < -0.4 is 5.32 Å². The van der Waals surface area contributed by atoms with Gasteiger partial charge in [0.25, 0.3) is 5.91 Å². The van der Waals surface area contributed by atoms with Gasteiger partial charge in [-0.25, -0.2) is 13.9 Å². The molecule has 0 aliphatic heterocycles. The standard InChI is InChI=1S/C16H17BrFN3O3/c1-9(2)7-13(16(23)24)19-15(22)14-12(17)8-21(20-14)11-5-3-10(18)4-6-11/h3-6,8-9,13H,7H2,1-2H3,(H,19,22)(H,23,24). The zero-order valence-corrected chi connectivity index (χ0v) is 14.7. The predicted molar refractivity (Wildman–Crippen MR) is 89.6 cm³/mol. The minimum absolute atomic E-state index is 0.0642. The molecule has 0 saturated carbocycles. The third-order valence-electron chi connectivity index (χ3n) is 3.29. The van der Waals surface area contributed by atoms with Crippen molar-refractivity contribution in [3.63, 3.8) is 0 Å². The summed E-state index contributed by atoms with van der Waals surface area (Å²) in [7, 11) is 0. The van der Waals surface area contributed by atoms with Crippen LogP contribution in [0.15, 0.2) is 34.9 Å². The van der Waals surface area contributed by atoms with Gasteiger partial charge in [-0.15, -0.1) is 0 Å². The number of nitrogens with one attached hydrogen (secondary N) is 1. The van der Waals surface area contributed by atoms with Crippen LogP contribution in [0.3, 0.4) is 0 Å². The van der Waals surface area contributed by atoms with Gasteiger partial charge in [-0.3, -0.25) is 4.79 Å². The maximum absolute atomic E-state index is 13.0. The Morgan fingerprint density at radius 3 is 2.50 bits per heavy atom. The molecule has 0 fully saturated rings. The van der Waals surface area contributed by atoms with Crippen LogP contribution in [0.4, 0.5) is 4.39 Å². The number of halogens is 2.